The fraction of sp³-hybridized carbons (Fsp3) is 0.706. The third kappa shape index (κ3) is 5.97. The first kappa shape index (κ1) is 21.9. The van der Waals surface area contributed by atoms with Crippen molar-refractivity contribution in [3.63, 3.8) is 0 Å². The topological polar surface area (TPSA) is 70.2 Å². The predicted molar refractivity (Wildman–Crippen MR) is 105 cm³/mol. The second kappa shape index (κ2) is 10.8. The summed E-state index contributed by atoms with van der Waals surface area (Å²) in [6.07, 6.45) is 6.66. The molecule has 1 aromatic rings. The van der Waals surface area contributed by atoms with Crippen molar-refractivity contribution in [1.82, 2.24) is 20.6 Å². The molecule has 0 bridgehead atoms. The van der Waals surface area contributed by atoms with Gasteiger partial charge < -0.3 is 15.5 Å². The Kier molecular flexibility index (Phi) is 9.46. The molecule has 1 atom stereocenters. The fourth-order valence-corrected chi connectivity index (χ4v) is 3.40. The van der Waals surface area contributed by atoms with Gasteiger partial charge in [0.1, 0.15) is 12.1 Å². The van der Waals surface area contributed by atoms with Crippen LogP contribution in [0.2, 0.25) is 0 Å². The number of hydrogen-bond donors (Lipinski definition) is 2. The maximum absolute atomic E-state index is 12.3. The molecule has 0 aromatic carbocycles. The quantitative estimate of drug-likeness (QED) is 0.823. The molecule has 1 amide bonds. The van der Waals surface area contributed by atoms with E-state index >= 15 is 0 Å². The van der Waals surface area contributed by atoms with Gasteiger partial charge in [-0.3, -0.25) is 4.79 Å². The summed E-state index contributed by atoms with van der Waals surface area (Å²) in [5.74, 6) is 1.39. The minimum atomic E-state index is 0. The largest absolute Gasteiger partial charge is 0.356 e. The van der Waals surface area contributed by atoms with Crippen molar-refractivity contribution in [2.24, 2.45) is 5.92 Å². The molecule has 25 heavy (non-hydrogen) atoms. The van der Waals surface area contributed by atoms with Crippen LogP contribution in [0.4, 0.5) is 5.82 Å². The van der Waals surface area contributed by atoms with E-state index in [2.05, 4.69) is 38.5 Å². The van der Waals surface area contributed by atoms with Crippen molar-refractivity contribution in [3.8, 4) is 0 Å². The van der Waals surface area contributed by atoms with Crippen LogP contribution in [0.3, 0.4) is 0 Å². The molecular weight excluding hydrogens is 361 g/mol. The van der Waals surface area contributed by atoms with Crippen LogP contribution < -0.4 is 15.5 Å². The van der Waals surface area contributed by atoms with Gasteiger partial charge in [-0.15, -0.1) is 24.8 Å². The number of carbonyl (C=O) groups excluding carboxylic acids is 1. The summed E-state index contributed by atoms with van der Waals surface area (Å²) < 4.78 is 0. The molecular formula is C17H29Cl2N5O. The predicted octanol–water partition coefficient (Wildman–Crippen LogP) is 1.97. The molecule has 2 N–H and O–H groups in total. The second-order valence-electron chi connectivity index (χ2n) is 6.53. The Labute approximate surface area is 162 Å². The van der Waals surface area contributed by atoms with Crippen molar-refractivity contribution < 1.29 is 4.79 Å². The summed E-state index contributed by atoms with van der Waals surface area (Å²) in [6, 6.07) is 2.38. The summed E-state index contributed by atoms with van der Waals surface area (Å²) in [5.41, 5.74) is 1.08. The lowest BCUT2D eigenvalue weighted by Crippen LogP contribution is -2.48. The van der Waals surface area contributed by atoms with Crippen LogP contribution in [0.15, 0.2) is 12.4 Å². The van der Waals surface area contributed by atoms with E-state index in [-0.39, 0.29) is 36.6 Å². The van der Waals surface area contributed by atoms with Crippen molar-refractivity contribution in [1.29, 1.82) is 0 Å². The molecule has 6 nitrogen and oxygen atoms in total. The molecule has 142 valence electrons. The van der Waals surface area contributed by atoms with Crippen LogP contribution >= 0.6 is 24.8 Å². The SMILES string of the molecule is CCc1cc(N2CCC(NC(=O)C3CCCNC3)CC2)ncn1.Cl.Cl. The Bertz CT molecular complexity index is 532. The molecule has 2 fully saturated rings. The molecule has 3 heterocycles. The number of anilines is 1. The number of aromatic nitrogens is 2. The first-order valence-corrected chi connectivity index (χ1v) is 8.83. The number of amides is 1. The molecule has 2 saturated heterocycles. The number of nitrogens with one attached hydrogen (secondary N) is 2. The molecule has 0 saturated carbocycles. The van der Waals surface area contributed by atoms with E-state index in [4.69, 9.17) is 0 Å². The van der Waals surface area contributed by atoms with Crippen LogP contribution in [0.1, 0.15) is 38.3 Å². The Hall–Kier alpha value is -1.11. The van der Waals surface area contributed by atoms with Gasteiger partial charge in [0.15, 0.2) is 0 Å². The van der Waals surface area contributed by atoms with Gasteiger partial charge in [0.2, 0.25) is 5.91 Å². The molecule has 2 aliphatic rings. The van der Waals surface area contributed by atoms with E-state index in [0.29, 0.717) is 6.04 Å². The maximum Gasteiger partial charge on any atom is 0.224 e. The lowest BCUT2D eigenvalue weighted by Gasteiger charge is -2.34. The fourth-order valence-electron chi connectivity index (χ4n) is 3.40. The second-order valence-corrected chi connectivity index (χ2v) is 6.53. The molecule has 2 aliphatic heterocycles. The van der Waals surface area contributed by atoms with E-state index in [0.717, 1.165) is 69.8 Å². The third-order valence-corrected chi connectivity index (χ3v) is 4.90. The Morgan fingerprint density at radius 1 is 1.28 bits per heavy atom. The van der Waals surface area contributed by atoms with Crippen LogP contribution in [0, 0.1) is 5.92 Å². The number of nitrogens with zero attached hydrogens (tertiary/aromatic N) is 3. The van der Waals surface area contributed by atoms with Gasteiger partial charge in [-0.2, -0.15) is 0 Å². The minimum Gasteiger partial charge on any atom is -0.356 e. The zero-order valence-corrected chi connectivity index (χ0v) is 16.4. The van der Waals surface area contributed by atoms with Gasteiger partial charge in [0, 0.05) is 37.4 Å². The van der Waals surface area contributed by atoms with Gasteiger partial charge in [-0.25, -0.2) is 9.97 Å². The van der Waals surface area contributed by atoms with Crippen LogP contribution in [-0.2, 0) is 11.2 Å². The summed E-state index contributed by atoms with van der Waals surface area (Å²) in [6.45, 7) is 5.85. The van der Waals surface area contributed by atoms with Crippen LogP contribution in [-0.4, -0.2) is 48.1 Å². The molecule has 0 spiro atoms. The molecule has 1 unspecified atom stereocenters. The summed E-state index contributed by atoms with van der Waals surface area (Å²) in [4.78, 5) is 23.3. The maximum atomic E-state index is 12.3. The van der Waals surface area contributed by atoms with Gasteiger partial charge in [-0.05, 0) is 38.6 Å². The Balaban J connectivity index is 0.00000156. The highest BCUT2D eigenvalue weighted by Gasteiger charge is 2.26. The van der Waals surface area contributed by atoms with Crippen LogP contribution in [0.25, 0.3) is 0 Å². The zero-order valence-electron chi connectivity index (χ0n) is 14.7. The van der Waals surface area contributed by atoms with Gasteiger partial charge in [-0.1, -0.05) is 6.92 Å². The van der Waals surface area contributed by atoms with Crippen molar-refractivity contribution >= 4 is 36.5 Å². The molecule has 0 aliphatic carbocycles. The monoisotopic (exact) mass is 389 g/mol. The number of aryl methyl sites for hydroxylation is 1. The number of piperidine rings is 2. The highest BCUT2D eigenvalue weighted by Crippen LogP contribution is 2.19. The van der Waals surface area contributed by atoms with E-state index in [1.54, 1.807) is 6.33 Å². The van der Waals surface area contributed by atoms with Crippen LogP contribution in [0.5, 0.6) is 0 Å². The smallest absolute Gasteiger partial charge is 0.224 e. The zero-order chi connectivity index (χ0) is 16.1. The Morgan fingerprint density at radius 3 is 2.68 bits per heavy atom. The van der Waals surface area contributed by atoms with Crippen molar-refractivity contribution in [2.45, 2.75) is 45.1 Å². The van der Waals surface area contributed by atoms with Crippen molar-refractivity contribution in [3.05, 3.63) is 18.1 Å². The number of rotatable bonds is 4. The van der Waals surface area contributed by atoms with E-state index in [1.165, 1.54) is 0 Å². The van der Waals surface area contributed by atoms with Gasteiger partial charge in [0.05, 0.1) is 5.92 Å². The summed E-state index contributed by atoms with van der Waals surface area (Å²) in [7, 11) is 0. The average Bonchev–Trinajstić information content (AvgIpc) is 2.63. The average molecular weight is 390 g/mol. The Morgan fingerprint density at radius 2 is 2.04 bits per heavy atom. The normalized spacial score (nSPS) is 21.0. The molecule has 0 radical (unpaired) electrons. The lowest BCUT2D eigenvalue weighted by molar-refractivity contribution is -0.126. The van der Waals surface area contributed by atoms with E-state index in [1.807, 2.05) is 0 Å². The van der Waals surface area contributed by atoms with Crippen molar-refractivity contribution in [2.75, 3.05) is 31.1 Å². The summed E-state index contributed by atoms with van der Waals surface area (Å²) >= 11 is 0. The van der Waals surface area contributed by atoms with E-state index < -0.39 is 0 Å². The first-order valence-electron chi connectivity index (χ1n) is 8.83. The first-order chi connectivity index (χ1) is 11.3. The standard InChI is InChI=1S/C17H27N5O.2ClH/c1-2-14-10-16(20-12-19-14)22-8-5-15(6-9-22)21-17(23)13-4-3-7-18-11-13;;/h10,12-13,15,18H,2-9,11H2,1H3,(H,21,23);2*1H. The highest BCUT2D eigenvalue weighted by atomic mass is 35.5. The van der Waals surface area contributed by atoms with Gasteiger partial charge >= 0.3 is 0 Å². The third-order valence-electron chi connectivity index (χ3n) is 4.90. The molecule has 1 aromatic heterocycles. The van der Waals surface area contributed by atoms with E-state index in [9.17, 15) is 4.79 Å². The van der Waals surface area contributed by atoms with Gasteiger partial charge in [0.25, 0.3) is 0 Å². The highest BCUT2D eigenvalue weighted by molar-refractivity contribution is 5.85. The number of halogens is 2. The molecule has 3 rings (SSSR count). The number of hydrogen-bond acceptors (Lipinski definition) is 5. The number of carbonyl (C=O) groups is 1. The lowest BCUT2D eigenvalue weighted by atomic mass is 9.97. The molecule has 8 heteroatoms. The summed E-state index contributed by atoms with van der Waals surface area (Å²) in [5, 5.41) is 6.55. The minimum absolute atomic E-state index is 0.